The minimum absolute atomic E-state index is 0.0870. The van der Waals surface area contributed by atoms with E-state index in [1.165, 1.54) is 12.0 Å². The highest BCUT2D eigenvalue weighted by atomic mass is 16.4. The van der Waals surface area contributed by atoms with E-state index in [1.807, 2.05) is 41.9 Å². The van der Waals surface area contributed by atoms with E-state index in [1.54, 1.807) is 13.8 Å². The zero-order valence-corrected chi connectivity index (χ0v) is 23.4. The number of pyridine rings is 1. The average Bonchev–Trinajstić information content (AvgIpc) is 3.53. The van der Waals surface area contributed by atoms with Crippen LogP contribution in [0.25, 0.3) is 5.69 Å². The first-order valence-electron chi connectivity index (χ1n) is 14.2. The molecule has 0 bridgehead atoms. The second kappa shape index (κ2) is 11.5. The number of nitrogens with one attached hydrogen (secondary N) is 1. The monoisotopic (exact) mass is 531 g/mol. The molecule has 0 aliphatic carbocycles. The number of aliphatic carboxylic acids is 1. The smallest absolute Gasteiger partial charge is 0.304 e. The molecule has 8 heteroatoms. The number of anilines is 1. The summed E-state index contributed by atoms with van der Waals surface area (Å²) in [6.45, 7) is 9.12. The topological polar surface area (TPSA) is 104 Å². The molecular weight excluding hydrogens is 490 g/mol. The van der Waals surface area contributed by atoms with Gasteiger partial charge in [-0.2, -0.15) is 5.10 Å². The molecule has 0 spiro atoms. The molecule has 3 aromatic rings. The van der Waals surface area contributed by atoms with Crippen LogP contribution < -0.4 is 5.32 Å². The van der Waals surface area contributed by atoms with Gasteiger partial charge in [0.1, 0.15) is 11.4 Å². The number of hydrogen-bond acceptors (Lipinski definition) is 6. The van der Waals surface area contributed by atoms with Crippen LogP contribution >= 0.6 is 0 Å². The van der Waals surface area contributed by atoms with Crippen molar-refractivity contribution in [1.82, 2.24) is 19.7 Å². The molecule has 1 fully saturated rings. The van der Waals surface area contributed by atoms with Crippen molar-refractivity contribution in [3.05, 3.63) is 70.7 Å². The van der Waals surface area contributed by atoms with Crippen molar-refractivity contribution in [3.8, 4) is 5.69 Å². The van der Waals surface area contributed by atoms with Crippen LogP contribution in [-0.2, 0) is 23.2 Å². The molecule has 2 atom stereocenters. The third-order valence-corrected chi connectivity index (χ3v) is 8.13. The van der Waals surface area contributed by atoms with Gasteiger partial charge in [0.25, 0.3) is 0 Å². The Balaban J connectivity index is 1.23. The van der Waals surface area contributed by atoms with Crippen LogP contribution in [0, 0.1) is 12.8 Å². The number of fused-ring (bicyclic) bond motifs is 1. The van der Waals surface area contributed by atoms with Gasteiger partial charge in [0.2, 0.25) is 0 Å². The molecule has 4 heterocycles. The van der Waals surface area contributed by atoms with E-state index in [-0.39, 0.29) is 12.3 Å². The normalized spacial score (nSPS) is 18.5. The van der Waals surface area contributed by atoms with Gasteiger partial charge in [-0.15, -0.1) is 0 Å². The van der Waals surface area contributed by atoms with Crippen molar-refractivity contribution in [2.75, 3.05) is 31.5 Å². The lowest BCUT2D eigenvalue weighted by Gasteiger charge is -2.24. The number of aryl methyl sites for hydroxylation is 3. The predicted molar refractivity (Wildman–Crippen MR) is 152 cm³/mol. The highest BCUT2D eigenvalue weighted by molar-refractivity contribution is 5.68. The van der Waals surface area contributed by atoms with Crippen molar-refractivity contribution in [3.63, 3.8) is 0 Å². The number of carboxylic acids is 1. The van der Waals surface area contributed by atoms with Gasteiger partial charge < -0.3 is 20.4 Å². The number of carbonyl (C=O) groups is 1. The molecule has 2 unspecified atom stereocenters. The molecule has 2 aliphatic rings. The van der Waals surface area contributed by atoms with Crippen molar-refractivity contribution in [1.29, 1.82) is 0 Å². The summed E-state index contributed by atoms with van der Waals surface area (Å²) in [6, 6.07) is 14.3. The Morgan fingerprint density at radius 2 is 2.08 bits per heavy atom. The first-order valence-corrected chi connectivity index (χ1v) is 14.2. The third kappa shape index (κ3) is 6.68. The Morgan fingerprint density at radius 3 is 2.85 bits per heavy atom. The fourth-order valence-corrected chi connectivity index (χ4v) is 5.93. The van der Waals surface area contributed by atoms with Crippen LogP contribution in [0.5, 0.6) is 0 Å². The molecule has 39 heavy (non-hydrogen) atoms. The molecule has 0 saturated carbocycles. The Labute approximate surface area is 231 Å². The van der Waals surface area contributed by atoms with Gasteiger partial charge in [-0.1, -0.05) is 18.2 Å². The van der Waals surface area contributed by atoms with Gasteiger partial charge in [0, 0.05) is 36.9 Å². The summed E-state index contributed by atoms with van der Waals surface area (Å²) in [5, 5.41) is 28.2. The number of aromatic nitrogens is 3. The van der Waals surface area contributed by atoms with Crippen LogP contribution in [-0.4, -0.2) is 62.0 Å². The predicted octanol–water partition coefficient (Wildman–Crippen LogP) is 4.67. The first-order chi connectivity index (χ1) is 18.7. The van der Waals surface area contributed by atoms with E-state index in [0.29, 0.717) is 11.6 Å². The van der Waals surface area contributed by atoms with E-state index >= 15 is 0 Å². The van der Waals surface area contributed by atoms with Crippen LogP contribution in [0.4, 0.5) is 5.82 Å². The minimum atomic E-state index is -1.03. The van der Waals surface area contributed by atoms with E-state index in [9.17, 15) is 15.0 Å². The molecule has 0 amide bonds. The van der Waals surface area contributed by atoms with Gasteiger partial charge in [0.05, 0.1) is 17.8 Å². The molecule has 1 aromatic carbocycles. The largest absolute Gasteiger partial charge is 0.481 e. The molecule has 3 N–H and O–H groups in total. The van der Waals surface area contributed by atoms with Crippen LogP contribution in [0.2, 0.25) is 0 Å². The molecule has 2 aliphatic heterocycles. The van der Waals surface area contributed by atoms with Gasteiger partial charge in [0.15, 0.2) is 0 Å². The lowest BCUT2D eigenvalue weighted by atomic mass is 9.94. The molecular formula is C31H41N5O3. The van der Waals surface area contributed by atoms with Crippen molar-refractivity contribution in [2.24, 2.45) is 5.92 Å². The van der Waals surface area contributed by atoms with Crippen LogP contribution in [0.15, 0.2) is 42.5 Å². The Bertz CT molecular complexity index is 1310. The summed E-state index contributed by atoms with van der Waals surface area (Å²) in [4.78, 5) is 19.1. The van der Waals surface area contributed by atoms with E-state index in [2.05, 4.69) is 27.4 Å². The number of rotatable bonds is 10. The number of aliphatic hydroxyl groups is 1. The second-order valence-electron chi connectivity index (χ2n) is 11.8. The zero-order valence-electron chi connectivity index (χ0n) is 23.4. The Kier molecular flexibility index (Phi) is 8.05. The molecule has 2 aromatic heterocycles. The van der Waals surface area contributed by atoms with Gasteiger partial charge in [-0.05, 0) is 101 Å². The second-order valence-corrected chi connectivity index (χ2v) is 11.8. The maximum Gasteiger partial charge on any atom is 0.304 e. The van der Waals surface area contributed by atoms with Crippen molar-refractivity contribution >= 4 is 11.8 Å². The SMILES string of the molecule is Cc1cc(C(C)(C)O)nn1-c1cccc(C(CC(=O)O)CN2CCC(CCc3ccc4c(n3)NCCC4)C2)c1. The number of hydrogen-bond donors (Lipinski definition) is 3. The van der Waals surface area contributed by atoms with E-state index < -0.39 is 11.6 Å². The summed E-state index contributed by atoms with van der Waals surface area (Å²) in [5.41, 5.74) is 4.86. The highest BCUT2D eigenvalue weighted by Crippen LogP contribution is 2.29. The summed E-state index contributed by atoms with van der Waals surface area (Å²) in [6.07, 6.45) is 5.58. The van der Waals surface area contributed by atoms with Crippen LogP contribution in [0.1, 0.15) is 73.7 Å². The lowest BCUT2D eigenvalue weighted by Crippen LogP contribution is -2.28. The molecule has 5 rings (SSSR count). The quantitative estimate of drug-likeness (QED) is 0.349. The number of benzene rings is 1. The van der Waals surface area contributed by atoms with Crippen molar-refractivity contribution in [2.45, 2.75) is 70.8 Å². The number of likely N-dealkylation sites (tertiary alicyclic amines) is 1. The molecule has 8 nitrogen and oxygen atoms in total. The first kappa shape index (κ1) is 27.3. The van der Waals surface area contributed by atoms with E-state index in [4.69, 9.17) is 4.98 Å². The fourth-order valence-electron chi connectivity index (χ4n) is 5.93. The number of nitrogens with zero attached hydrogens (tertiary/aromatic N) is 4. The summed E-state index contributed by atoms with van der Waals surface area (Å²) >= 11 is 0. The fraction of sp³-hybridized carbons (Fsp3) is 0.516. The molecule has 208 valence electrons. The molecule has 0 radical (unpaired) electrons. The minimum Gasteiger partial charge on any atom is -0.481 e. The van der Waals surface area contributed by atoms with Crippen LogP contribution in [0.3, 0.4) is 0 Å². The average molecular weight is 532 g/mol. The van der Waals surface area contributed by atoms with Gasteiger partial charge in [-0.3, -0.25) is 4.79 Å². The maximum absolute atomic E-state index is 11.8. The van der Waals surface area contributed by atoms with E-state index in [0.717, 1.165) is 80.3 Å². The molecule has 1 saturated heterocycles. The van der Waals surface area contributed by atoms with Crippen molar-refractivity contribution < 1.29 is 15.0 Å². The van der Waals surface area contributed by atoms with Gasteiger partial charge in [-0.25, -0.2) is 9.67 Å². The summed E-state index contributed by atoms with van der Waals surface area (Å²) in [5.74, 6) is 0.763. The Hall–Kier alpha value is -3.23. The summed E-state index contributed by atoms with van der Waals surface area (Å²) in [7, 11) is 0. The van der Waals surface area contributed by atoms with Gasteiger partial charge >= 0.3 is 5.97 Å². The third-order valence-electron chi connectivity index (χ3n) is 8.13. The standard InChI is InChI=1S/C31H41N5O3/c1-21-16-28(31(2,3)39)34-36(21)27-8-4-6-24(17-27)25(18-29(37)38)20-35-15-13-22(19-35)9-11-26-12-10-23-7-5-14-32-30(23)33-26/h4,6,8,10,12,16-17,22,25,39H,5,7,9,11,13-15,18-20H2,1-3H3,(H,32,33)(H,37,38). The zero-order chi connectivity index (χ0) is 27.6. The Morgan fingerprint density at radius 1 is 1.23 bits per heavy atom. The highest BCUT2D eigenvalue weighted by Gasteiger charge is 2.27. The summed E-state index contributed by atoms with van der Waals surface area (Å²) < 4.78 is 1.82. The number of carboxylic acid groups (broad SMARTS) is 1. The maximum atomic E-state index is 11.8. The lowest BCUT2D eigenvalue weighted by molar-refractivity contribution is -0.137.